The molecule has 0 unspecified atom stereocenters. The average Bonchev–Trinajstić information content (AvgIpc) is 3.17. The Balaban J connectivity index is 1.66. The Morgan fingerprint density at radius 1 is 1.14 bits per heavy atom. The Kier molecular flexibility index (Phi) is 6.24. The molecule has 0 saturated heterocycles. The second-order valence-corrected chi connectivity index (χ2v) is 6.25. The highest BCUT2D eigenvalue weighted by molar-refractivity contribution is 6.33. The Bertz CT molecular complexity index is 1010. The van der Waals surface area contributed by atoms with Crippen molar-refractivity contribution >= 4 is 29.7 Å². The van der Waals surface area contributed by atoms with Crippen LogP contribution in [0.1, 0.15) is 21.7 Å². The number of amides is 1. The molecule has 1 amide bonds. The van der Waals surface area contributed by atoms with Crippen molar-refractivity contribution < 1.29 is 18.7 Å². The van der Waals surface area contributed by atoms with E-state index >= 15 is 0 Å². The quantitative estimate of drug-likeness (QED) is 0.386. The van der Waals surface area contributed by atoms with Crippen LogP contribution >= 0.6 is 11.6 Å². The molecule has 3 rings (SSSR count). The van der Waals surface area contributed by atoms with Crippen LogP contribution < -0.4 is 5.43 Å². The lowest BCUT2D eigenvalue weighted by molar-refractivity contribution is -0.120. The molecule has 0 bridgehead atoms. The van der Waals surface area contributed by atoms with E-state index in [2.05, 4.69) is 10.5 Å². The van der Waals surface area contributed by atoms with Crippen molar-refractivity contribution in [1.29, 1.82) is 0 Å². The largest absolute Gasteiger partial charge is 0.465 e. The van der Waals surface area contributed by atoms with Gasteiger partial charge in [0.2, 0.25) is 5.91 Å². The Morgan fingerprint density at radius 2 is 1.93 bits per heavy atom. The summed E-state index contributed by atoms with van der Waals surface area (Å²) in [6, 6.07) is 17.5. The van der Waals surface area contributed by atoms with Crippen molar-refractivity contribution in [3.8, 4) is 11.3 Å². The van der Waals surface area contributed by atoms with Gasteiger partial charge in [0.25, 0.3) is 0 Å². The first-order valence-corrected chi connectivity index (χ1v) is 8.78. The first-order valence-electron chi connectivity index (χ1n) is 8.40. The van der Waals surface area contributed by atoms with Crippen LogP contribution in [0.4, 0.5) is 0 Å². The molecule has 1 heterocycles. The summed E-state index contributed by atoms with van der Waals surface area (Å²) in [6.07, 6.45) is 1.63. The van der Waals surface area contributed by atoms with E-state index < -0.39 is 5.97 Å². The van der Waals surface area contributed by atoms with Crippen molar-refractivity contribution in [2.45, 2.75) is 6.42 Å². The van der Waals surface area contributed by atoms with Crippen LogP contribution in [0.25, 0.3) is 11.3 Å². The van der Waals surface area contributed by atoms with Crippen molar-refractivity contribution in [2.24, 2.45) is 5.10 Å². The van der Waals surface area contributed by atoms with Gasteiger partial charge in [0, 0.05) is 5.56 Å². The average molecular weight is 397 g/mol. The molecule has 0 saturated carbocycles. The van der Waals surface area contributed by atoms with E-state index in [4.69, 9.17) is 20.8 Å². The molecule has 7 heteroatoms. The fourth-order valence-corrected chi connectivity index (χ4v) is 2.73. The lowest BCUT2D eigenvalue weighted by atomic mass is 10.1. The van der Waals surface area contributed by atoms with E-state index in [0.717, 1.165) is 5.56 Å². The molecule has 0 spiro atoms. The van der Waals surface area contributed by atoms with Gasteiger partial charge in [-0.3, -0.25) is 4.79 Å². The molecular weight excluding hydrogens is 380 g/mol. The minimum atomic E-state index is -0.465. The number of hydrazone groups is 1. The molecule has 0 aliphatic carbocycles. The smallest absolute Gasteiger partial charge is 0.337 e. The third kappa shape index (κ3) is 4.86. The molecule has 0 radical (unpaired) electrons. The standard InChI is InChI=1S/C21H17ClN2O4/c1-27-21(26)15-7-9-18(22)17(12-15)19-10-8-16(28-19)13-23-24-20(25)11-14-5-3-2-4-6-14/h2-10,12-13H,11H2,1H3,(H,24,25). The summed E-state index contributed by atoms with van der Waals surface area (Å²) in [5.41, 5.74) is 4.27. The Morgan fingerprint density at radius 3 is 2.68 bits per heavy atom. The summed E-state index contributed by atoms with van der Waals surface area (Å²) in [5.74, 6) is 0.192. The first-order chi connectivity index (χ1) is 13.6. The minimum Gasteiger partial charge on any atom is -0.465 e. The van der Waals surface area contributed by atoms with E-state index in [1.807, 2.05) is 30.3 Å². The molecule has 2 aromatic carbocycles. The molecule has 6 nitrogen and oxygen atoms in total. The fraction of sp³-hybridized carbons (Fsp3) is 0.0952. The van der Waals surface area contributed by atoms with Crippen LogP contribution in [0.3, 0.4) is 0 Å². The molecular formula is C21H17ClN2O4. The molecule has 142 valence electrons. The maximum Gasteiger partial charge on any atom is 0.337 e. The normalized spacial score (nSPS) is 10.8. The van der Waals surface area contributed by atoms with E-state index in [9.17, 15) is 9.59 Å². The summed E-state index contributed by atoms with van der Waals surface area (Å²) in [5, 5.41) is 4.33. The van der Waals surface area contributed by atoms with Crippen LogP contribution in [0.15, 0.2) is 70.2 Å². The lowest BCUT2D eigenvalue weighted by Gasteiger charge is -2.04. The number of furan rings is 1. The number of hydrogen-bond donors (Lipinski definition) is 1. The highest BCUT2D eigenvalue weighted by atomic mass is 35.5. The Labute approximate surface area is 166 Å². The second-order valence-electron chi connectivity index (χ2n) is 5.84. The van der Waals surface area contributed by atoms with Gasteiger partial charge in [0.15, 0.2) is 0 Å². The molecule has 1 aromatic heterocycles. The second kappa shape index (κ2) is 9.01. The predicted octanol–water partition coefficient (Wildman–Crippen LogP) is 4.08. The van der Waals surface area contributed by atoms with Gasteiger partial charge < -0.3 is 9.15 Å². The molecule has 0 atom stereocenters. The number of rotatable bonds is 6. The van der Waals surface area contributed by atoms with Gasteiger partial charge in [0.05, 0.1) is 30.3 Å². The van der Waals surface area contributed by atoms with Gasteiger partial charge in [-0.1, -0.05) is 41.9 Å². The summed E-state index contributed by atoms with van der Waals surface area (Å²) >= 11 is 6.21. The number of hydrogen-bond acceptors (Lipinski definition) is 5. The van der Waals surface area contributed by atoms with E-state index in [-0.39, 0.29) is 12.3 Å². The lowest BCUT2D eigenvalue weighted by Crippen LogP contribution is -2.19. The zero-order chi connectivity index (χ0) is 19.9. The van der Waals surface area contributed by atoms with Crippen molar-refractivity contribution in [3.05, 3.63) is 82.6 Å². The van der Waals surface area contributed by atoms with Crippen LogP contribution in [0, 0.1) is 0 Å². The number of benzene rings is 2. The number of nitrogens with zero attached hydrogens (tertiary/aromatic N) is 1. The maximum atomic E-state index is 11.9. The molecule has 1 N–H and O–H groups in total. The van der Waals surface area contributed by atoms with Gasteiger partial charge in [-0.2, -0.15) is 5.10 Å². The monoisotopic (exact) mass is 396 g/mol. The predicted molar refractivity (Wildman–Crippen MR) is 106 cm³/mol. The molecule has 0 aliphatic rings. The maximum absolute atomic E-state index is 11.9. The summed E-state index contributed by atoms with van der Waals surface area (Å²) < 4.78 is 10.4. The zero-order valence-electron chi connectivity index (χ0n) is 15.0. The fourth-order valence-electron chi connectivity index (χ4n) is 2.51. The van der Waals surface area contributed by atoms with Crippen molar-refractivity contribution in [2.75, 3.05) is 7.11 Å². The number of nitrogens with one attached hydrogen (secondary N) is 1. The van der Waals surface area contributed by atoms with E-state index in [1.165, 1.54) is 13.3 Å². The van der Waals surface area contributed by atoms with Crippen LogP contribution in [0.2, 0.25) is 5.02 Å². The number of esters is 1. The van der Waals surface area contributed by atoms with Gasteiger partial charge >= 0.3 is 5.97 Å². The van der Waals surface area contributed by atoms with E-state index in [1.54, 1.807) is 30.3 Å². The highest BCUT2D eigenvalue weighted by Gasteiger charge is 2.13. The van der Waals surface area contributed by atoms with Crippen molar-refractivity contribution in [1.82, 2.24) is 5.43 Å². The number of halogens is 1. The minimum absolute atomic E-state index is 0.233. The number of carbonyl (C=O) groups excluding carboxylic acids is 2. The third-order valence-electron chi connectivity index (χ3n) is 3.87. The zero-order valence-corrected chi connectivity index (χ0v) is 15.8. The number of ether oxygens (including phenoxy) is 1. The van der Waals surface area contributed by atoms with E-state index in [0.29, 0.717) is 27.7 Å². The van der Waals surface area contributed by atoms with Crippen LogP contribution in [-0.4, -0.2) is 25.2 Å². The molecule has 0 fully saturated rings. The number of carbonyl (C=O) groups is 2. The summed E-state index contributed by atoms with van der Waals surface area (Å²) in [7, 11) is 1.31. The van der Waals surface area contributed by atoms with Crippen LogP contribution in [-0.2, 0) is 16.0 Å². The van der Waals surface area contributed by atoms with Gasteiger partial charge in [-0.25, -0.2) is 10.2 Å². The summed E-state index contributed by atoms with van der Waals surface area (Å²) in [4.78, 5) is 23.6. The molecule has 3 aromatic rings. The topological polar surface area (TPSA) is 80.9 Å². The highest BCUT2D eigenvalue weighted by Crippen LogP contribution is 2.30. The molecule has 28 heavy (non-hydrogen) atoms. The van der Waals surface area contributed by atoms with Gasteiger partial charge in [-0.05, 0) is 35.9 Å². The van der Waals surface area contributed by atoms with Gasteiger partial charge in [-0.15, -0.1) is 0 Å². The SMILES string of the molecule is COC(=O)c1ccc(Cl)c(-c2ccc(C=NNC(=O)Cc3ccccc3)o2)c1. The Hall–Kier alpha value is -3.38. The van der Waals surface area contributed by atoms with Gasteiger partial charge in [0.1, 0.15) is 11.5 Å². The van der Waals surface area contributed by atoms with Crippen LogP contribution in [0.5, 0.6) is 0 Å². The van der Waals surface area contributed by atoms with Crippen molar-refractivity contribution in [3.63, 3.8) is 0 Å². The first kappa shape index (κ1) is 19.4. The third-order valence-corrected chi connectivity index (χ3v) is 4.20. The number of methoxy groups -OCH3 is 1. The molecule has 0 aliphatic heterocycles. The summed E-state index contributed by atoms with van der Waals surface area (Å²) in [6.45, 7) is 0.